The van der Waals surface area contributed by atoms with E-state index in [1.807, 2.05) is 31.4 Å². The van der Waals surface area contributed by atoms with E-state index in [4.69, 9.17) is 4.98 Å². The van der Waals surface area contributed by atoms with E-state index in [-0.39, 0.29) is 11.9 Å². The number of carbonyl (C=O) groups excluding carboxylic acids is 1. The summed E-state index contributed by atoms with van der Waals surface area (Å²) in [6.45, 7) is 8.88. The summed E-state index contributed by atoms with van der Waals surface area (Å²) >= 11 is 0. The van der Waals surface area contributed by atoms with E-state index in [2.05, 4.69) is 35.7 Å². The molecule has 0 bridgehead atoms. The number of rotatable bonds is 8. The Labute approximate surface area is 225 Å². The molecule has 10 nitrogen and oxygen atoms in total. The zero-order chi connectivity index (χ0) is 26.9. The van der Waals surface area contributed by atoms with Crippen LogP contribution < -0.4 is 10.2 Å². The number of pyridine rings is 1. The molecule has 1 saturated heterocycles. The minimum absolute atomic E-state index is 0.0124. The highest BCUT2D eigenvalue weighted by molar-refractivity contribution is 6.69. The SMILES string of the molecule is CN(C)C(=O)c1cc2cnc(Nc3ccc(N4CCN(CC[Si](C)(C)O)CC4)cn3)nc2n1C1CCCC1. The number of fused-ring (bicyclic) bond motifs is 1. The first-order valence-corrected chi connectivity index (χ1v) is 16.9. The molecule has 3 aromatic heterocycles. The van der Waals surface area contributed by atoms with Crippen molar-refractivity contribution < 1.29 is 9.59 Å². The van der Waals surface area contributed by atoms with Crippen molar-refractivity contribution in [2.45, 2.75) is 50.9 Å². The first kappa shape index (κ1) is 26.6. The summed E-state index contributed by atoms with van der Waals surface area (Å²) in [6, 6.07) is 7.17. The Bertz CT molecular complexity index is 1260. The van der Waals surface area contributed by atoms with Gasteiger partial charge in [-0.15, -0.1) is 0 Å². The normalized spacial score (nSPS) is 17.3. The molecule has 1 aliphatic heterocycles. The van der Waals surface area contributed by atoms with Gasteiger partial charge in [-0.3, -0.25) is 4.79 Å². The fourth-order valence-corrected chi connectivity index (χ4v) is 6.28. The molecule has 1 saturated carbocycles. The smallest absolute Gasteiger partial charge is 0.270 e. The second kappa shape index (κ2) is 11.0. The van der Waals surface area contributed by atoms with Gasteiger partial charge in [-0.05, 0) is 56.7 Å². The van der Waals surface area contributed by atoms with Crippen LogP contribution in [0.4, 0.5) is 17.5 Å². The van der Waals surface area contributed by atoms with Crippen LogP contribution in [0.3, 0.4) is 0 Å². The minimum atomic E-state index is -2.00. The van der Waals surface area contributed by atoms with Gasteiger partial charge < -0.3 is 29.4 Å². The fourth-order valence-electron chi connectivity index (χ4n) is 5.42. The van der Waals surface area contributed by atoms with Crippen molar-refractivity contribution in [3.63, 3.8) is 0 Å². The van der Waals surface area contributed by atoms with Gasteiger partial charge in [-0.1, -0.05) is 12.8 Å². The van der Waals surface area contributed by atoms with Gasteiger partial charge >= 0.3 is 0 Å². The Hall–Kier alpha value is -3.02. The van der Waals surface area contributed by atoms with E-state index in [0.29, 0.717) is 17.5 Å². The standard InChI is InChI=1S/C27H40N8O2Si/c1-32(2)26(36)23-17-20-18-29-27(31-25(20)35(23)21-7-5-6-8-21)30-24-10-9-22(19-28-24)34-13-11-33(12-14-34)15-16-38(3,4)37/h9-10,17-19,21,37H,5-8,11-16H2,1-4H3,(H,28,29,30,31). The Balaban J connectivity index is 1.28. The largest absolute Gasteiger partial charge is 0.432 e. The molecule has 4 heterocycles. The highest BCUT2D eigenvalue weighted by Crippen LogP contribution is 2.35. The van der Waals surface area contributed by atoms with Crippen molar-refractivity contribution in [3.05, 3.63) is 36.3 Å². The van der Waals surface area contributed by atoms with E-state index in [9.17, 15) is 9.59 Å². The van der Waals surface area contributed by atoms with Crippen molar-refractivity contribution in [2.24, 2.45) is 0 Å². The maximum atomic E-state index is 12.9. The van der Waals surface area contributed by atoms with Crippen LogP contribution in [-0.4, -0.2) is 95.2 Å². The Morgan fingerprint density at radius 2 is 1.84 bits per heavy atom. The number of hydrogen-bond acceptors (Lipinski definition) is 8. The second-order valence-corrected chi connectivity index (χ2v) is 15.6. The maximum absolute atomic E-state index is 12.9. The van der Waals surface area contributed by atoms with E-state index in [1.165, 1.54) is 12.8 Å². The molecule has 1 aliphatic carbocycles. The lowest BCUT2D eigenvalue weighted by atomic mass is 10.2. The molecule has 11 heteroatoms. The van der Waals surface area contributed by atoms with Crippen molar-refractivity contribution in [3.8, 4) is 0 Å². The Morgan fingerprint density at radius 1 is 1.11 bits per heavy atom. The number of amides is 1. The van der Waals surface area contributed by atoms with Crippen molar-refractivity contribution in [1.82, 2.24) is 29.3 Å². The third-order valence-corrected chi connectivity index (χ3v) is 9.10. The number of aromatic nitrogens is 4. The van der Waals surface area contributed by atoms with Crippen molar-refractivity contribution >= 4 is 42.7 Å². The van der Waals surface area contributed by atoms with Gasteiger partial charge in [0.15, 0.2) is 8.32 Å². The second-order valence-electron chi connectivity index (χ2n) is 11.4. The topological polar surface area (TPSA) is 103 Å². The van der Waals surface area contributed by atoms with Gasteiger partial charge in [0.05, 0.1) is 11.9 Å². The molecule has 0 unspecified atom stereocenters. The van der Waals surface area contributed by atoms with Gasteiger partial charge in [0.25, 0.3) is 5.91 Å². The fraction of sp³-hybridized carbons (Fsp3) is 0.556. The highest BCUT2D eigenvalue weighted by atomic mass is 28.4. The van der Waals surface area contributed by atoms with Crippen molar-refractivity contribution in [2.75, 3.05) is 57.0 Å². The van der Waals surface area contributed by atoms with E-state index < -0.39 is 8.32 Å². The van der Waals surface area contributed by atoms with Crippen LogP contribution in [0.15, 0.2) is 30.6 Å². The minimum Gasteiger partial charge on any atom is -0.432 e. The van der Waals surface area contributed by atoms with Crippen molar-refractivity contribution in [1.29, 1.82) is 0 Å². The summed E-state index contributed by atoms with van der Waals surface area (Å²) in [4.78, 5) is 43.5. The van der Waals surface area contributed by atoms with Crippen LogP contribution in [0.25, 0.3) is 11.0 Å². The molecule has 1 amide bonds. The molecular formula is C27H40N8O2Si. The molecular weight excluding hydrogens is 496 g/mol. The molecule has 0 aromatic carbocycles. The molecule has 3 aromatic rings. The lowest BCUT2D eigenvalue weighted by molar-refractivity contribution is 0.0815. The quantitative estimate of drug-likeness (QED) is 0.420. The predicted octanol–water partition coefficient (Wildman–Crippen LogP) is 3.71. The molecule has 2 N–H and O–H groups in total. The lowest BCUT2D eigenvalue weighted by Crippen LogP contribution is -2.47. The first-order chi connectivity index (χ1) is 18.2. The monoisotopic (exact) mass is 536 g/mol. The maximum Gasteiger partial charge on any atom is 0.270 e. The lowest BCUT2D eigenvalue weighted by Gasteiger charge is -2.36. The van der Waals surface area contributed by atoms with Crippen LogP contribution in [0.5, 0.6) is 0 Å². The first-order valence-electron chi connectivity index (χ1n) is 13.7. The number of piperazine rings is 1. The zero-order valence-corrected chi connectivity index (χ0v) is 24.0. The number of nitrogens with zero attached hydrogens (tertiary/aromatic N) is 7. The molecule has 204 valence electrons. The van der Waals surface area contributed by atoms with E-state index >= 15 is 0 Å². The number of carbonyl (C=O) groups is 1. The van der Waals surface area contributed by atoms with Crippen LogP contribution in [-0.2, 0) is 0 Å². The van der Waals surface area contributed by atoms with Gasteiger partial charge in [0, 0.05) is 57.9 Å². The summed E-state index contributed by atoms with van der Waals surface area (Å²) in [6.07, 6.45) is 8.14. The summed E-state index contributed by atoms with van der Waals surface area (Å²) in [5.41, 5.74) is 2.57. The molecule has 0 spiro atoms. The zero-order valence-electron chi connectivity index (χ0n) is 23.0. The molecule has 0 atom stereocenters. The average Bonchev–Trinajstić information content (AvgIpc) is 3.55. The Kier molecular flexibility index (Phi) is 7.69. The summed E-state index contributed by atoms with van der Waals surface area (Å²) in [5.74, 6) is 1.15. The summed E-state index contributed by atoms with van der Waals surface area (Å²) in [7, 11) is 1.57. The summed E-state index contributed by atoms with van der Waals surface area (Å²) in [5, 5.41) is 4.13. The summed E-state index contributed by atoms with van der Waals surface area (Å²) < 4.78 is 2.12. The molecule has 38 heavy (non-hydrogen) atoms. The highest BCUT2D eigenvalue weighted by Gasteiger charge is 2.27. The molecule has 0 radical (unpaired) electrons. The van der Waals surface area contributed by atoms with Crippen LogP contribution in [0.1, 0.15) is 42.2 Å². The van der Waals surface area contributed by atoms with Crippen LogP contribution in [0, 0.1) is 0 Å². The predicted molar refractivity (Wildman–Crippen MR) is 154 cm³/mol. The molecule has 5 rings (SSSR count). The van der Waals surface area contributed by atoms with E-state index in [1.54, 1.807) is 25.2 Å². The Morgan fingerprint density at radius 3 is 2.47 bits per heavy atom. The third-order valence-electron chi connectivity index (χ3n) is 7.66. The number of nitrogens with one attached hydrogen (secondary N) is 1. The van der Waals surface area contributed by atoms with E-state index in [0.717, 1.165) is 68.3 Å². The van der Waals surface area contributed by atoms with Gasteiger partial charge in [-0.25, -0.2) is 9.97 Å². The van der Waals surface area contributed by atoms with Crippen LogP contribution >= 0.6 is 0 Å². The molecule has 2 fully saturated rings. The molecule has 2 aliphatic rings. The van der Waals surface area contributed by atoms with Gasteiger partial charge in [-0.2, -0.15) is 4.98 Å². The third kappa shape index (κ3) is 6.00. The number of anilines is 3. The van der Waals surface area contributed by atoms with Gasteiger partial charge in [0.2, 0.25) is 5.95 Å². The van der Waals surface area contributed by atoms with Crippen LogP contribution in [0.2, 0.25) is 19.1 Å². The van der Waals surface area contributed by atoms with Gasteiger partial charge in [0.1, 0.15) is 17.2 Å². The average molecular weight is 537 g/mol. The number of hydrogen-bond donors (Lipinski definition) is 2.